The van der Waals surface area contributed by atoms with E-state index in [2.05, 4.69) is 4.72 Å². The zero-order valence-corrected chi connectivity index (χ0v) is 20.2. The highest BCUT2D eigenvalue weighted by molar-refractivity contribution is 7.92. The van der Waals surface area contributed by atoms with Crippen molar-refractivity contribution in [1.82, 2.24) is 4.90 Å². The lowest BCUT2D eigenvalue weighted by Gasteiger charge is -2.18. The van der Waals surface area contributed by atoms with E-state index in [1.165, 1.54) is 17.0 Å². The minimum Gasteiger partial charge on any atom is -0.497 e. The van der Waals surface area contributed by atoms with Crippen LogP contribution in [-0.2, 0) is 10.0 Å². The first-order valence-electron chi connectivity index (χ1n) is 10.7. The molecule has 0 unspecified atom stereocenters. The number of ether oxygens (including phenoxy) is 3. The smallest absolute Gasteiger partial charge is 0.261 e. The Balaban J connectivity index is 1.61. The van der Waals surface area contributed by atoms with Crippen LogP contribution in [0.2, 0.25) is 0 Å². The molecule has 34 heavy (non-hydrogen) atoms. The molecule has 9 heteroatoms. The zero-order chi connectivity index (χ0) is 24.6. The molecule has 0 heterocycles. The summed E-state index contributed by atoms with van der Waals surface area (Å²) in [5, 5.41) is 0. The van der Waals surface area contributed by atoms with Gasteiger partial charge in [0.25, 0.3) is 15.9 Å². The minimum atomic E-state index is -3.88. The molecule has 0 bridgehead atoms. The topological polar surface area (TPSA) is 94.2 Å². The number of carbonyl (C=O) groups excluding carboxylic acids is 1. The van der Waals surface area contributed by atoms with Gasteiger partial charge in [-0.15, -0.1) is 0 Å². The molecule has 0 fully saturated rings. The lowest BCUT2D eigenvalue weighted by molar-refractivity contribution is 0.0773. The summed E-state index contributed by atoms with van der Waals surface area (Å²) < 4.78 is 44.3. The lowest BCUT2D eigenvalue weighted by Crippen LogP contribution is -2.31. The number of rotatable bonds is 11. The van der Waals surface area contributed by atoms with Gasteiger partial charge >= 0.3 is 0 Å². The Hall–Kier alpha value is -3.72. The number of hydrogen-bond acceptors (Lipinski definition) is 6. The first-order chi connectivity index (χ1) is 16.3. The number of sulfonamides is 1. The molecule has 0 radical (unpaired) electrons. The van der Waals surface area contributed by atoms with Crippen molar-refractivity contribution in [3.05, 3.63) is 78.4 Å². The monoisotopic (exact) mass is 484 g/mol. The van der Waals surface area contributed by atoms with E-state index < -0.39 is 10.0 Å². The number of methoxy groups -OCH3 is 1. The van der Waals surface area contributed by atoms with E-state index in [1.807, 2.05) is 6.92 Å². The van der Waals surface area contributed by atoms with Crippen LogP contribution >= 0.6 is 0 Å². The fourth-order valence-corrected chi connectivity index (χ4v) is 4.19. The molecule has 8 nitrogen and oxygen atoms in total. The van der Waals surface area contributed by atoms with Gasteiger partial charge in [-0.25, -0.2) is 8.42 Å². The van der Waals surface area contributed by atoms with Gasteiger partial charge in [-0.1, -0.05) is 6.07 Å². The number of likely N-dealkylation sites (N-methyl/N-ethyl adjacent to an activating group) is 1. The maximum Gasteiger partial charge on any atom is 0.261 e. The second-order valence-electron chi connectivity index (χ2n) is 7.34. The van der Waals surface area contributed by atoms with Gasteiger partial charge in [0.1, 0.15) is 23.9 Å². The molecule has 0 saturated heterocycles. The average Bonchev–Trinajstić information content (AvgIpc) is 2.85. The molecule has 0 aliphatic heterocycles. The van der Waals surface area contributed by atoms with Gasteiger partial charge in [0.05, 0.1) is 25.2 Å². The largest absolute Gasteiger partial charge is 0.497 e. The highest BCUT2D eigenvalue weighted by Gasteiger charge is 2.18. The molecule has 0 aromatic heterocycles. The van der Waals surface area contributed by atoms with Crippen molar-refractivity contribution in [1.29, 1.82) is 0 Å². The summed E-state index contributed by atoms with van der Waals surface area (Å²) in [5.41, 5.74) is 0.662. The quantitative estimate of drug-likeness (QED) is 0.441. The van der Waals surface area contributed by atoms with Crippen LogP contribution in [0.25, 0.3) is 0 Å². The summed E-state index contributed by atoms with van der Waals surface area (Å²) in [7, 11) is -0.647. The van der Waals surface area contributed by atoms with Crippen LogP contribution in [0, 0.1) is 0 Å². The maximum absolute atomic E-state index is 12.8. The van der Waals surface area contributed by atoms with E-state index in [0.29, 0.717) is 30.3 Å². The van der Waals surface area contributed by atoms with Crippen molar-refractivity contribution in [2.24, 2.45) is 0 Å². The maximum atomic E-state index is 12.8. The van der Waals surface area contributed by atoms with Crippen molar-refractivity contribution < 1.29 is 27.4 Å². The van der Waals surface area contributed by atoms with Gasteiger partial charge in [0, 0.05) is 18.3 Å². The molecule has 0 aliphatic rings. The van der Waals surface area contributed by atoms with Crippen molar-refractivity contribution in [3.63, 3.8) is 0 Å². The highest BCUT2D eigenvalue weighted by Crippen LogP contribution is 2.21. The van der Waals surface area contributed by atoms with Crippen molar-refractivity contribution in [2.45, 2.75) is 11.8 Å². The van der Waals surface area contributed by atoms with Crippen LogP contribution in [0.15, 0.2) is 77.7 Å². The number of nitrogens with zero attached hydrogens (tertiary/aromatic N) is 1. The standard InChI is InChI=1S/C25H28N2O6S/c1-4-32-22-10-8-20(9-11-22)26-34(29,30)24-7-5-6-19(18-24)25(28)27(2)16-17-33-23-14-12-21(31-3)13-15-23/h5-15,18,26H,4,16-17H2,1-3H3. The molecule has 3 rings (SSSR count). The van der Waals surface area contributed by atoms with Crippen molar-refractivity contribution >= 4 is 21.6 Å². The SMILES string of the molecule is CCOc1ccc(NS(=O)(=O)c2cccc(C(=O)N(C)CCOc3ccc(OC)cc3)c2)cc1. The van der Waals surface area contributed by atoms with Crippen molar-refractivity contribution in [2.75, 3.05) is 38.6 Å². The second kappa shape index (κ2) is 11.4. The Morgan fingerprint density at radius 2 is 1.53 bits per heavy atom. The van der Waals surface area contributed by atoms with Crippen LogP contribution in [0.5, 0.6) is 17.2 Å². The van der Waals surface area contributed by atoms with Crippen LogP contribution in [0.1, 0.15) is 17.3 Å². The Kier molecular flexibility index (Phi) is 8.37. The van der Waals surface area contributed by atoms with Gasteiger partial charge in [-0.2, -0.15) is 0 Å². The summed E-state index contributed by atoms with van der Waals surface area (Å²) in [6, 6.07) is 19.7. The Bertz CT molecular complexity index is 1190. The minimum absolute atomic E-state index is 0.00452. The lowest BCUT2D eigenvalue weighted by atomic mass is 10.2. The van der Waals surface area contributed by atoms with Gasteiger partial charge < -0.3 is 19.1 Å². The predicted octanol–water partition coefficient (Wildman–Crippen LogP) is 4.05. The highest BCUT2D eigenvalue weighted by atomic mass is 32.2. The fraction of sp³-hybridized carbons (Fsp3) is 0.240. The van der Waals surface area contributed by atoms with E-state index in [1.54, 1.807) is 74.8 Å². The Morgan fingerprint density at radius 1 is 0.912 bits per heavy atom. The fourth-order valence-electron chi connectivity index (χ4n) is 3.09. The number of nitrogens with one attached hydrogen (secondary N) is 1. The molecule has 0 spiro atoms. The molecule has 1 amide bonds. The number of carbonyl (C=O) groups is 1. The molecule has 180 valence electrons. The molecular weight excluding hydrogens is 456 g/mol. The molecule has 0 saturated carbocycles. The summed E-state index contributed by atoms with van der Waals surface area (Å²) >= 11 is 0. The zero-order valence-electron chi connectivity index (χ0n) is 19.4. The Labute approximate surface area is 200 Å². The number of anilines is 1. The Morgan fingerprint density at radius 3 is 2.18 bits per heavy atom. The van der Waals surface area contributed by atoms with Gasteiger partial charge in [-0.3, -0.25) is 9.52 Å². The summed E-state index contributed by atoms with van der Waals surface area (Å²) in [6.07, 6.45) is 0. The number of hydrogen-bond donors (Lipinski definition) is 1. The third-order valence-corrected chi connectivity index (χ3v) is 6.29. The first kappa shape index (κ1) is 24.9. The average molecular weight is 485 g/mol. The second-order valence-corrected chi connectivity index (χ2v) is 9.02. The van der Waals surface area contributed by atoms with Gasteiger partial charge in [-0.05, 0) is 73.7 Å². The summed E-state index contributed by atoms with van der Waals surface area (Å²) in [4.78, 5) is 14.3. The summed E-state index contributed by atoms with van der Waals surface area (Å²) in [6.45, 7) is 3.00. The van der Waals surface area contributed by atoms with Gasteiger partial charge in [0.2, 0.25) is 0 Å². The van der Waals surface area contributed by atoms with Crippen LogP contribution < -0.4 is 18.9 Å². The van der Waals surface area contributed by atoms with Crippen LogP contribution in [0.3, 0.4) is 0 Å². The van der Waals surface area contributed by atoms with Crippen LogP contribution in [0.4, 0.5) is 5.69 Å². The van der Waals surface area contributed by atoms with E-state index in [4.69, 9.17) is 14.2 Å². The molecule has 3 aromatic rings. The molecule has 0 atom stereocenters. The number of benzene rings is 3. The number of amides is 1. The molecular formula is C25H28N2O6S. The van der Waals surface area contributed by atoms with Gasteiger partial charge in [0.15, 0.2) is 0 Å². The third kappa shape index (κ3) is 6.64. The summed E-state index contributed by atoms with van der Waals surface area (Å²) in [5.74, 6) is 1.73. The predicted molar refractivity (Wildman–Crippen MR) is 130 cm³/mol. The van der Waals surface area contributed by atoms with E-state index in [9.17, 15) is 13.2 Å². The first-order valence-corrected chi connectivity index (χ1v) is 12.2. The van der Waals surface area contributed by atoms with E-state index in [0.717, 1.165) is 5.75 Å². The normalized spacial score (nSPS) is 10.9. The molecule has 0 aliphatic carbocycles. The van der Waals surface area contributed by atoms with Crippen LogP contribution in [-0.4, -0.2) is 53.1 Å². The molecule has 1 N–H and O–H groups in total. The third-order valence-electron chi connectivity index (χ3n) is 4.91. The molecule has 3 aromatic carbocycles. The van der Waals surface area contributed by atoms with E-state index in [-0.39, 0.29) is 23.0 Å². The van der Waals surface area contributed by atoms with E-state index >= 15 is 0 Å². The van der Waals surface area contributed by atoms with Crippen molar-refractivity contribution in [3.8, 4) is 17.2 Å².